The third kappa shape index (κ3) is 6.58. The van der Waals surface area contributed by atoms with E-state index < -0.39 is 0 Å². The number of carbonyl (C=O) groups is 1. The smallest absolute Gasteiger partial charge is 0.238 e. The zero-order valence-corrected chi connectivity index (χ0v) is 17.9. The summed E-state index contributed by atoms with van der Waals surface area (Å²) in [5.74, 6) is 0.973. The minimum Gasteiger partial charge on any atom is -0.492 e. The van der Waals surface area contributed by atoms with Crippen LogP contribution in [-0.4, -0.2) is 61.6 Å². The molecule has 0 unspecified atom stereocenters. The average molecular weight is 396 g/mol. The van der Waals surface area contributed by atoms with Crippen LogP contribution in [-0.2, 0) is 10.2 Å². The van der Waals surface area contributed by atoms with Crippen molar-refractivity contribution in [3.8, 4) is 5.75 Å². The van der Waals surface area contributed by atoms with Crippen molar-refractivity contribution in [1.29, 1.82) is 0 Å². The van der Waals surface area contributed by atoms with Gasteiger partial charge in [0.2, 0.25) is 5.91 Å². The molecule has 1 aliphatic rings. The summed E-state index contributed by atoms with van der Waals surface area (Å²) >= 11 is 0. The molecule has 156 valence electrons. The van der Waals surface area contributed by atoms with Crippen LogP contribution >= 0.6 is 0 Å². The van der Waals surface area contributed by atoms with Gasteiger partial charge in [-0.3, -0.25) is 14.6 Å². The van der Waals surface area contributed by atoms with Gasteiger partial charge in [0.05, 0.1) is 6.54 Å². The number of para-hydroxylation sites is 2. The standard InChI is InChI=1S/C24H33N3O2/c1-24(2,3)21-11-7-8-12-22(21)25-23(28)19-27-15-13-26(14-16-27)17-18-29-20-9-5-4-6-10-20/h4-12H,13-19H2,1-3H3,(H,25,28). The van der Waals surface area contributed by atoms with Crippen LogP contribution in [0.15, 0.2) is 54.6 Å². The van der Waals surface area contributed by atoms with E-state index in [9.17, 15) is 4.79 Å². The quantitative estimate of drug-likeness (QED) is 0.778. The van der Waals surface area contributed by atoms with Gasteiger partial charge in [-0.15, -0.1) is 0 Å². The molecule has 1 heterocycles. The van der Waals surface area contributed by atoms with Crippen molar-refractivity contribution in [1.82, 2.24) is 9.80 Å². The summed E-state index contributed by atoms with van der Waals surface area (Å²) in [6.45, 7) is 12.3. The third-order valence-corrected chi connectivity index (χ3v) is 5.26. The highest BCUT2D eigenvalue weighted by Gasteiger charge is 2.21. The Morgan fingerprint density at radius 2 is 1.55 bits per heavy atom. The van der Waals surface area contributed by atoms with Crippen molar-refractivity contribution in [2.75, 3.05) is 51.2 Å². The van der Waals surface area contributed by atoms with Crippen molar-refractivity contribution in [2.45, 2.75) is 26.2 Å². The second-order valence-electron chi connectivity index (χ2n) is 8.62. The van der Waals surface area contributed by atoms with E-state index >= 15 is 0 Å². The van der Waals surface area contributed by atoms with Crippen LogP contribution < -0.4 is 10.1 Å². The van der Waals surface area contributed by atoms with Gasteiger partial charge < -0.3 is 10.1 Å². The van der Waals surface area contributed by atoms with Gasteiger partial charge in [-0.2, -0.15) is 0 Å². The van der Waals surface area contributed by atoms with Gasteiger partial charge in [-0.1, -0.05) is 57.2 Å². The first-order valence-corrected chi connectivity index (χ1v) is 10.4. The first kappa shape index (κ1) is 21.3. The van der Waals surface area contributed by atoms with E-state index in [-0.39, 0.29) is 11.3 Å². The van der Waals surface area contributed by atoms with Crippen molar-refractivity contribution >= 4 is 11.6 Å². The molecule has 1 fully saturated rings. The predicted octanol–water partition coefficient (Wildman–Crippen LogP) is 3.62. The van der Waals surface area contributed by atoms with Crippen LogP contribution in [0.4, 0.5) is 5.69 Å². The minimum absolute atomic E-state index is 0.00266. The van der Waals surface area contributed by atoms with Crippen molar-refractivity contribution in [3.63, 3.8) is 0 Å². The minimum atomic E-state index is -0.00266. The number of nitrogens with one attached hydrogen (secondary N) is 1. The molecule has 0 atom stereocenters. The molecule has 0 bridgehead atoms. The average Bonchev–Trinajstić information content (AvgIpc) is 2.70. The fourth-order valence-corrected chi connectivity index (χ4v) is 3.62. The van der Waals surface area contributed by atoms with E-state index in [0.29, 0.717) is 13.2 Å². The van der Waals surface area contributed by atoms with Crippen LogP contribution in [0.2, 0.25) is 0 Å². The number of nitrogens with zero attached hydrogens (tertiary/aromatic N) is 2. The summed E-state index contributed by atoms with van der Waals surface area (Å²) in [6, 6.07) is 18.0. The molecule has 0 aromatic heterocycles. The number of piperazine rings is 1. The molecule has 1 amide bonds. The van der Waals surface area contributed by atoms with Gasteiger partial charge in [0.25, 0.3) is 0 Å². The van der Waals surface area contributed by atoms with E-state index in [1.165, 1.54) is 0 Å². The molecule has 1 N–H and O–H groups in total. The Balaban J connectivity index is 1.40. The number of amides is 1. The maximum absolute atomic E-state index is 12.6. The molecule has 1 saturated heterocycles. The summed E-state index contributed by atoms with van der Waals surface area (Å²) in [7, 11) is 0. The summed E-state index contributed by atoms with van der Waals surface area (Å²) in [4.78, 5) is 17.2. The van der Waals surface area contributed by atoms with Gasteiger partial charge in [-0.05, 0) is 29.2 Å². The van der Waals surface area contributed by atoms with E-state index in [4.69, 9.17) is 4.74 Å². The maximum Gasteiger partial charge on any atom is 0.238 e. The summed E-state index contributed by atoms with van der Waals surface area (Å²) in [5.41, 5.74) is 2.08. The largest absolute Gasteiger partial charge is 0.492 e. The Morgan fingerprint density at radius 1 is 0.931 bits per heavy atom. The lowest BCUT2D eigenvalue weighted by Gasteiger charge is -2.34. The first-order chi connectivity index (χ1) is 13.9. The number of ether oxygens (including phenoxy) is 1. The molecule has 29 heavy (non-hydrogen) atoms. The van der Waals surface area contributed by atoms with Gasteiger partial charge in [0, 0.05) is 38.4 Å². The fraction of sp³-hybridized carbons (Fsp3) is 0.458. The van der Waals surface area contributed by atoms with Crippen molar-refractivity contribution in [2.24, 2.45) is 0 Å². The van der Waals surface area contributed by atoms with Crippen LogP contribution in [0.5, 0.6) is 5.75 Å². The molecule has 3 rings (SSSR count). The number of anilines is 1. The molecule has 2 aromatic rings. The number of benzene rings is 2. The van der Waals surface area contributed by atoms with Gasteiger partial charge in [0.15, 0.2) is 0 Å². The van der Waals surface area contributed by atoms with Crippen LogP contribution in [0, 0.1) is 0 Å². The Labute approximate surface area is 174 Å². The molecule has 0 aliphatic carbocycles. The maximum atomic E-state index is 12.6. The molecule has 0 spiro atoms. The second-order valence-corrected chi connectivity index (χ2v) is 8.62. The lowest BCUT2D eigenvalue weighted by Crippen LogP contribution is -2.49. The molecule has 5 nitrogen and oxygen atoms in total. The fourth-order valence-electron chi connectivity index (χ4n) is 3.62. The molecule has 0 radical (unpaired) electrons. The van der Waals surface area contributed by atoms with Crippen LogP contribution in [0.25, 0.3) is 0 Å². The first-order valence-electron chi connectivity index (χ1n) is 10.4. The highest BCUT2D eigenvalue weighted by Crippen LogP contribution is 2.29. The molecular formula is C24H33N3O2. The number of carbonyl (C=O) groups excluding carboxylic acids is 1. The Hall–Kier alpha value is -2.37. The van der Waals surface area contributed by atoms with Crippen molar-refractivity contribution < 1.29 is 9.53 Å². The predicted molar refractivity (Wildman–Crippen MR) is 119 cm³/mol. The molecule has 1 aliphatic heterocycles. The molecule has 0 saturated carbocycles. The number of hydrogen-bond donors (Lipinski definition) is 1. The molecular weight excluding hydrogens is 362 g/mol. The van der Waals surface area contributed by atoms with E-state index in [2.05, 4.69) is 42.0 Å². The second kappa shape index (κ2) is 9.90. The summed E-state index contributed by atoms with van der Waals surface area (Å²) in [5, 5.41) is 3.11. The van der Waals surface area contributed by atoms with E-state index in [0.717, 1.165) is 49.7 Å². The Kier molecular flexibility index (Phi) is 7.29. The lowest BCUT2D eigenvalue weighted by atomic mass is 9.86. The zero-order chi connectivity index (χ0) is 20.7. The highest BCUT2D eigenvalue weighted by atomic mass is 16.5. The van der Waals surface area contributed by atoms with Gasteiger partial charge in [0.1, 0.15) is 12.4 Å². The molecule has 5 heteroatoms. The van der Waals surface area contributed by atoms with Crippen molar-refractivity contribution in [3.05, 3.63) is 60.2 Å². The van der Waals surface area contributed by atoms with Gasteiger partial charge >= 0.3 is 0 Å². The van der Waals surface area contributed by atoms with Crippen LogP contribution in [0.3, 0.4) is 0 Å². The monoisotopic (exact) mass is 395 g/mol. The SMILES string of the molecule is CC(C)(C)c1ccccc1NC(=O)CN1CCN(CCOc2ccccc2)CC1. The number of rotatable bonds is 7. The highest BCUT2D eigenvalue weighted by molar-refractivity contribution is 5.93. The zero-order valence-electron chi connectivity index (χ0n) is 17.9. The molecule has 2 aromatic carbocycles. The summed E-state index contributed by atoms with van der Waals surface area (Å²) < 4.78 is 5.79. The van der Waals surface area contributed by atoms with E-state index in [1.54, 1.807) is 0 Å². The number of hydrogen-bond acceptors (Lipinski definition) is 4. The van der Waals surface area contributed by atoms with Crippen LogP contribution in [0.1, 0.15) is 26.3 Å². The summed E-state index contributed by atoms with van der Waals surface area (Å²) in [6.07, 6.45) is 0. The van der Waals surface area contributed by atoms with Gasteiger partial charge in [-0.25, -0.2) is 0 Å². The topological polar surface area (TPSA) is 44.8 Å². The van der Waals surface area contributed by atoms with E-state index in [1.807, 2.05) is 48.5 Å². The normalized spacial score (nSPS) is 15.8. The Bertz CT molecular complexity index is 778. The Morgan fingerprint density at radius 3 is 2.24 bits per heavy atom. The lowest BCUT2D eigenvalue weighted by molar-refractivity contribution is -0.117. The third-order valence-electron chi connectivity index (χ3n) is 5.26.